The first-order valence-corrected chi connectivity index (χ1v) is 10.2. The lowest BCUT2D eigenvalue weighted by molar-refractivity contribution is -0.170. The Morgan fingerprint density at radius 1 is 1.25 bits per heavy atom. The van der Waals surface area contributed by atoms with Gasteiger partial charge in [-0.3, -0.25) is 4.57 Å². The van der Waals surface area contributed by atoms with Gasteiger partial charge in [-0.1, -0.05) is 0 Å². The fourth-order valence-corrected chi connectivity index (χ4v) is 4.01. The number of carboxylic acids is 2. The van der Waals surface area contributed by atoms with Crippen LogP contribution in [0.1, 0.15) is 18.3 Å². The van der Waals surface area contributed by atoms with Gasteiger partial charge in [-0.25, -0.2) is 19.6 Å². The van der Waals surface area contributed by atoms with Gasteiger partial charge in [0.05, 0.1) is 18.6 Å². The highest BCUT2D eigenvalue weighted by molar-refractivity contribution is 6.28. The molecule has 2 aromatic rings. The molecule has 4 N–H and O–H groups in total. The van der Waals surface area contributed by atoms with E-state index in [2.05, 4.69) is 15.0 Å². The normalized spacial score (nSPS) is 28.1. The number of nitrogens with zero attached hydrogens (tertiary/aromatic N) is 4. The van der Waals surface area contributed by atoms with Crippen molar-refractivity contribution >= 4 is 34.7 Å². The van der Waals surface area contributed by atoms with Gasteiger partial charge in [-0.05, 0) is 30.4 Å². The van der Waals surface area contributed by atoms with Gasteiger partial charge in [-0.15, -0.1) is 0 Å². The van der Waals surface area contributed by atoms with Crippen molar-refractivity contribution in [2.75, 3.05) is 19.8 Å². The van der Waals surface area contributed by atoms with Gasteiger partial charge in [0.1, 0.15) is 23.8 Å². The van der Waals surface area contributed by atoms with E-state index in [1.54, 1.807) is 0 Å². The summed E-state index contributed by atoms with van der Waals surface area (Å²) in [7, 11) is 0. The Balaban J connectivity index is 1.55. The number of carbonyl (C=O) groups is 2. The van der Waals surface area contributed by atoms with Gasteiger partial charge in [-0.2, -0.15) is 4.98 Å². The van der Waals surface area contributed by atoms with E-state index in [4.69, 9.17) is 36.0 Å². The highest BCUT2D eigenvalue weighted by atomic mass is 35.5. The van der Waals surface area contributed by atoms with Gasteiger partial charge in [0, 0.05) is 13.2 Å². The highest BCUT2D eigenvalue weighted by Crippen LogP contribution is 2.33. The lowest BCUT2D eigenvalue weighted by Crippen LogP contribution is -2.39. The SMILES string of the molecule is O=C(O)C(OC[C@H]1O[C@@H](n2cnc3c(C[C@H]4CCOC4)nc(Cl)nc32)[C@H](O)[C@@H]1O)C(=O)O. The largest absolute Gasteiger partial charge is 0.479 e. The molecular weight excluding hydrogens is 452 g/mol. The monoisotopic (exact) mass is 472 g/mol. The Morgan fingerprint density at radius 3 is 2.66 bits per heavy atom. The topological polar surface area (TPSA) is 186 Å². The minimum Gasteiger partial charge on any atom is -0.479 e. The highest BCUT2D eigenvalue weighted by Gasteiger charge is 2.45. The molecule has 0 bridgehead atoms. The minimum atomic E-state index is -2.13. The number of carboxylic acid groups (broad SMARTS) is 2. The fourth-order valence-electron chi connectivity index (χ4n) is 3.83. The van der Waals surface area contributed by atoms with Crippen molar-refractivity contribution in [2.24, 2.45) is 5.92 Å². The van der Waals surface area contributed by atoms with E-state index >= 15 is 0 Å². The van der Waals surface area contributed by atoms with E-state index in [0.29, 0.717) is 30.8 Å². The van der Waals surface area contributed by atoms with Crippen LogP contribution < -0.4 is 0 Å². The predicted molar refractivity (Wildman–Crippen MR) is 104 cm³/mol. The number of aromatic nitrogens is 4. The molecule has 5 atom stereocenters. The maximum absolute atomic E-state index is 11.0. The Kier molecular flexibility index (Phi) is 6.55. The van der Waals surface area contributed by atoms with Crippen molar-refractivity contribution < 1.29 is 44.2 Å². The lowest BCUT2D eigenvalue weighted by Gasteiger charge is -2.17. The summed E-state index contributed by atoms with van der Waals surface area (Å²) in [4.78, 5) is 34.7. The number of hydrogen-bond donors (Lipinski definition) is 4. The first-order valence-electron chi connectivity index (χ1n) is 9.81. The molecule has 0 unspecified atom stereocenters. The summed E-state index contributed by atoms with van der Waals surface area (Å²) in [6.07, 6.45) is -4.57. The van der Waals surface area contributed by atoms with E-state index in [0.717, 1.165) is 6.42 Å². The molecule has 2 aliphatic rings. The molecule has 0 spiro atoms. The van der Waals surface area contributed by atoms with Crippen LogP contribution in [0.4, 0.5) is 0 Å². The molecule has 0 aromatic carbocycles. The number of fused-ring (bicyclic) bond motifs is 1. The second-order valence-corrected chi connectivity index (χ2v) is 7.97. The van der Waals surface area contributed by atoms with Crippen molar-refractivity contribution in [3.63, 3.8) is 0 Å². The van der Waals surface area contributed by atoms with E-state index in [1.807, 2.05) is 0 Å². The zero-order valence-corrected chi connectivity index (χ0v) is 17.3. The molecule has 174 valence electrons. The van der Waals surface area contributed by atoms with Crippen LogP contribution in [0.25, 0.3) is 11.2 Å². The Hall–Kier alpha value is -2.42. The molecule has 0 saturated carbocycles. The van der Waals surface area contributed by atoms with Crippen molar-refractivity contribution in [3.05, 3.63) is 17.3 Å². The molecular formula is C18H21ClN4O9. The summed E-state index contributed by atoms with van der Waals surface area (Å²) >= 11 is 6.10. The third-order valence-corrected chi connectivity index (χ3v) is 5.63. The van der Waals surface area contributed by atoms with Gasteiger partial charge in [0.25, 0.3) is 6.10 Å². The third-order valence-electron chi connectivity index (χ3n) is 5.46. The molecule has 2 fully saturated rings. The zero-order chi connectivity index (χ0) is 23.0. The molecule has 32 heavy (non-hydrogen) atoms. The minimum absolute atomic E-state index is 0.0214. The van der Waals surface area contributed by atoms with Crippen molar-refractivity contribution in [1.29, 1.82) is 0 Å². The van der Waals surface area contributed by atoms with Crippen molar-refractivity contribution in [2.45, 2.75) is 43.5 Å². The standard InChI is InChI=1S/C18H21ClN4O9/c19-18-21-8(3-7-1-2-30-4-7)10-14(22-18)23(6-20-10)15-12(25)11(24)9(32-15)5-31-13(16(26)27)17(28)29/h6-7,9,11-13,15,24-25H,1-5H2,(H,26,27)(H,28,29)/t7-,9-,11-,12-,15-/m1/s1. The van der Waals surface area contributed by atoms with E-state index in [1.165, 1.54) is 10.9 Å². The summed E-state index contributed by atoms with van der Waals surface area (Å²) in [5, 5.41) is 38.6. The van der Waals surface area contributed by atoms with Crippen LogP contribution in [0.5, 0.6) is 0 Å². The maximum atomic E-state index is 11.0. The lowest BCUT2D eigenvalue weighted by atomic mass is 10.0. The first-order chi connectivity index (χ1) is 15.3. The van der Waals surface area contributed by atoms with Crippen molar-refractivity contribution in [3.8, 4) is 0 Å². The van der Waals surface area contributed by atoms with Crippen LogP contribution in [0.3, 0.4) is 0 Å². The average molecular weight is 473 g/mol. The number of rotatable bonds is 8. The van der Waals surface area contributed by atoms with Crippen LogP contribution in [0.15, 0.2) is 6.33 Å². The number of imidazole rings is 1. The van der Waals surface area contributed by atoms with Crippen LogP contribution >= 0.6 is 11.6 Å². The number of aliphatic carboxylic acids is 2. The van der Waals surface area contributed by atoms with Crippen molar-refractivity contribution in [1.82, 2.24) is 19.5 Å². The number of aliphatic hydroxyl groups excluding tert-OH is 2. The number of ether oxygens (including phenoxy) is 3. The van der Waals surface area contributed by atoms with Crippen LogP contribution in [0, 0.1) is 5.92 Å². The Bertz CT molecular complexity index is 998. The van der Waals surface area contributed by atoms with Crippen LogP contribution in [0.2, 0.25) is 5.28 Å². The zero-order valence-electron chi connectivity index (χ0n) is 16.6. The second-order valence-electron chi connectivity index (χ2n) is 7.63. The Labute approximate surface area is 185 Å². The summed E-state index contributed by atoms with van der Waals surface area (Å²) in [5.74, 6) is -3.13. The summed E-state index contributed by atoms with van der Waals surface area (Å²) < 4.78 is 17.3. The molecule has 4 rings (SSSR count). The molecule has 2 saturated heterocycles. The molecule has 2 aliphatic heterocycles. The molecule has 13 nitrogen and oxygen atoms in total. The maximum Gasteiger partial charge on any atom is 0.344 e. The average Bonchev–Trinajstić information content (AvgIpc) is 3.44. The van der Waals surface area contributed by atoms with Crippen LogP contribution in [-0.4, -0.2) is 96.1 Å². The molecule has 14 heteroatoms. The van der Waals surface area contributed by atoms with E-state index in [9.17, 15) is 19.8 Å². The fraction of sp³-hybridized carbons (Fsp3) is 0.611. The molecule has 0 aliphatic carbocycles. The molecule has 4 heterocycles. The van der Waals surface area contributed by atoms with Gasteiger partial charge in [0.2, 0.25) is 5.28 Å². The molecule has 0 radical (unpaired) electrons. The second kappa shape index (κ2) is 9.21. The van der Waals surface area contributed by atoms with E-state index in [-0.39, 0.29) is 16.8 Å². The quantitative estimate of drug-likeness (QED) is 0.278. The summed E-state index contributed by atoms with van der Waals surface area (Å²) in [6, 6.07) is 0. The van der Waals surface area contributed by atoms with Gasteiger partial charge in [0.15, 0.2) is 11.9 Å². The summed E-state index contributed by atoms with van der Waals surface area (Å²) in [5.41, 5.74) is 1.36. The van der Waals surface area contributed by atoms with Gasteiger partial charge >= 0.3 is 11.9 Å². The summed E-state index contributed by atoms with van der Waals surface area (Å²) in [6.45, 7) is 0.707. The van der Waals surface area contributed by atoms with Gasteiger partial charge < -0.3 is 34.6 Å². The number of aliphatic hydroxyl groups is 2. The molecule has 0 amide bonds. The van der Waals surface area contributed by atoms with Crippen LogP contribution in [-0.2, 0) is 30.2 Å². The predicted octanol–water partition coefficient (Wildman–Crippen LogP) is -0.768. The number of hydrogen-bond acceptors (Lipinski definition) is 10. The third kappa shape index (κ3) is 4.40. The smallest absolute Gasteiger partial charge is 0.344 e. The molecule has 2 aromatic heterocycles. The van der Waals surface area contributed by atoms with E-state index < -0.39 is 49.2 Å². The number of halogens is 1. The first kappa shape index (κ1) is 22.8. The Morgan fingerprint density at radius 2 is 2.00 bits per heavy atom.